The normalized spacial score (nSPS) is 15.2. The van der Waals surface area contributed by atoms with Gasteiger partial charge in [0, 0.05) is 17.8 Å². The van der Waals surface area contributed by atoms with E-state index in [1.165, 1.54) is 16.3 Å². The zero-order valence-corrected chi connectivity index (χ0v) is 22.4. The summed E-state index contributed by atoms with van der Waals surface area (Å²) in [7, 11) is 0. The fraction of sp³-hybridized carbons (Fsp3) is 0.258. The summed E-state index contributed by atoms with van der Waals surface area (Å²) in [6.07, 6.45) is 0.834. The Morgan fingerprint density at radius 1 is 1.08 bits per heavy atom. The summed E-state index contributed by atoms with van der Waals surface area (Å²) < 4.78 is 11.9. The molecule has 1 unspecified atom stereocenters. The van der Waals surface area contributed by atoms with E-state index >= 15 is 0 Å². The van der Waals surface area contributed by atoms with Crippen molar-refractivity contribution in [2.75, 3.05) is 24.6 Å². The van der Waals surface area contributed by atoms with Crippen LogP contribution in [0.2, 0.25) is 0 Å². The number of carboxylic acids is 1. The van der Waals surface area contributed by atoms with Gasteiger partial charge in [-0.25, -0.2) is 4.79 Å². The van der Waals surface area contributed by atoms with E-state index < -0.39 is 5.97 Å². The molecule has 0 aromatic heterocycles. The number of carboxylic acid groups (broad SMARTS) is 1. The Morgan fingerprint density at radius 2 is 1.84 bits per heavy atom. The highest BCUT2D eigenvalue weighted by molar-refractivity contribution is 5.86. The second kappa shape index (κ2) is 12.2. The molecule has 38 heavy (non-hydrogen) atoms. The third-order valence-corrected chi connectivity index (χ3v) is 6.88. The van der Waals surface area contributed by atoms with Gasteiger partial charge in [-0.05, 0) is 66.9 Å². The van der Waals surface area contributed by atoms with Gasteiger partial charge in [-0.3, -0.25) is 0 Å². The fourth-order valence-electron chi connectivity index (χ4n) is 4.94. The third kappa shape index (κ3) is 6.04. The summed E-state index contributed by atoms with van der Waals surface area (Å²) >= 11 is 0. The number of benzene rings is 4. The SMILES string of the molecule is Cc1ccc(N2CC(CCN[C@H](C)c3cccc4ccccc34)Oc3ccccc32)cc1OCC(=O)O.Cl. The maximum Gasteiger partial charge on any atom is 0.341 e. The van der Waals surface area contributed by atoms with Crippen molar-refractivity contribution in [1.29, 1.82) is 0 Å². The van der Waals surface area contributed by atoms with Gasteiger partial charge in [0.25, 0.3) is 0 Å². The van der Waals surface area contributed by atoms with Crippen LogP contribution in [0.1, 0.15) is 30.5 Å². The highest BCUT2D eigenvalue weighted by Crippen LogP contribution is 2.40. The van der Waals surface area contributed by atoms with Crippen molar-refractivity contribution < 1.29 is 19.4 Å². The molecule has 2 N–H and O–H groups in total. The molecule has 7 heteroatoms. The van der Waals surface area contributed by atoms with Crippen molar-refractivity contribution in [3.8, 4) is 11.5 Å². The number of fused-ring (bicyclic) bond motifs is 2. The van der Waals surface area contributed by atoms with Crippen LogP contribution in [0.5, 0.6) is 11.5 Å². The van der Waals surface area contributed by atoms with Gasteiger partial charge in [0.15, 0.2) is 6.61 Å². The molecule has 0 fully saturated rings. The van der Waals surface area contributed by atoms with Crippen LogP contribution in [0.4, 0.5) is 11.4 Å². The predicted octanol–water partition coefficient (Wildman–Crippen LogP) is 6.67. The van der Waals surface area contributed by atoms with Crippen molar-refractivity contribution in [3.63, 3.8) is 0 Å². The number of rotatable bonds is 9. The molecule has 4 aromatic rings. The lowest BCUT2D eigenvalue weighted by Gasteiger charge is -2.36. The summed E-state index contributed by atoms with van der Waals surface area (Å²) in [6, 6.07) is 29.1. The van der Waals surface area contributed by atoms with Crippen molar-refractivity contribution in [1.82, 2.24) is 5.32 Å². The zero-order chi connectivity index (χ0) is 25.8. The van der Waals surface area contributed by atoms with Gasteiger partial charge in [-0.15, -0.1) is 12.4 Å². The number of ether oxygens (including phenoxy) is 2. The first-order valence-corrected chi connectivity index (χ1v) is 12.7. The maximum atomic E-state index is 11.0. The van der Waals surface area contributed by atoms with Crippen molar-refractivity contribution in [3.05, 3.63) is 96.1 Å². The van der Waals surface area contributed by atoms with Crippen LogP contribution in [0, 0.1) is 6.92 Å². The molecule has 0 bridgehead atoms. The zero-order valence-electron chi connectivity index (χ0n) is 21.6. The highest BCUT2D eigenvalue weighted by Gasteiger charge is 2.27. The molecule has 1 aliphatic heterocycles. The standard InChI is InChI=1S/C31H32N2O4.ClH/c1-21-14-15-24(18-30(21)36-20-31(34)35)33-19-25(37-29-13-6-5-12-28(29)33)16-17-32-22(2)26-11-7-9-23-8-3-4-10-27(23)26;/h3-15,18,22,25,32H,16-17,19-20H2,1-2H3,(H,34,35);1H/t22-,25?;/m1./s1. The molecule has 1 heterocycles. The smallest absolute Gasteiger partial charge is 0.341 e. The quantitative estimate of drug-likeness (QED) is 0.251. The van der Waals surface area contributed by atoms with E-state index in [0.29, 0.717) is 12.3 Å². The Labute approximate surface area is 229 Å². The number of nitrogens with one attached hydrogen (secondary N) is 1. The van der Waals surface area contributed by atoms with Gasteiger partial charge < -0.3 is 24.8 Å². The van der Waals surface area contributed by atoms with E-state index in [-0.39, 0.29) is 31.2 Å². The van der Waals surface area contributed by atoms with Gasteiger partial charge in [0.05, 0.1) is 12.2 Å². The second-order valence-electron chi connectivity index (χ2n) is 9.48. The van der Waals surface area contributed by atoms with Gasteiger partial charge >= 0.3 is 5.97 Å². The van der Waals surface area contributed by atoms with Crippen LogP contribution in [0.3, 0.4) is 0 Å². The van der Waals surface area contributed by atoms with Crippen molar-refractivity contribution in [2.45, 2.75) is 32.4 Å². The van der Waals surface area contributed by atoms with Crippen molar-refractivity contribution in [2.24, 2.45) is 0 Å². The van der Waals surface area contributed by atoms with Crippen LogP contribution in [0.15, 0.2) is 84.9 Å². The molecule has 4 aromatic carbocycles. The van der Waals surface area contributed by atoms with E-state index in [1.54, 1.807) is 0 Å². The van der Waals surface area contributed by atoms with Crippen LogP contribution >= 0.6 is 12.4 Å². The van der Waals surface area contributed by atoms with E-state index in [0.717, 1.165) is 35.7 Å². The lowest BCUT2D eigenvalue weighted by Crippen LogP contribution is -2.39. The lowest BCUT2D eigenvalue weighted by atomic mass is 9.99. The average molecular weight is 533 g/mol. The molecule has 6 nitrogen and oxygen atoms in total. The summed E-state index contributed by atoms with van der Waals surface area (Å²) in [6.45, 7) is 5.25. The summed E-state index contributed by atoms with van der Waals surface area (Å²) in [5.41, 5.74) is 4.13. The Hall–Kier alpha value is -3.74. The molecule has 198 valence electrons. The number of aryl methyl sites for hydroxylation is 1. The molecular weight excluding hydrogens is 500 g/mol. The largest absolute Gasteiger partial charge is 0.486 e. The highest BCUT2D eigenvalue weighted by atomic mass is 35.5. The Balaban J connectivity index is 0.00000336. The van der Waals surface area contributed by atoms with Gasteiger partial charge in [0.1, 0.15) is 17.6 Å². The van der Waals surface area contributed by atoms with E-state index in [2.05, 4.69) is 59.6 Å². The topological polar surface area (TPSA) is 71.0 Å². The molecule has 0 amide bonds. The first kappa shape index (κ1) is 27.3. The van der Waals surface area contributed by atoms with Crippen LogP contribution in [-0.4, -0.2) is 36.9 Å². The molecule has 0 spiro atoms. The van der Waals surface area contributed by atoms with Gasteiger partial charge in [-0.1, -0.05) is 60.7 Å². The number of carbonyl (C=O) groups is 1. The van der Waals surface area contributed by atoms with Crippen LogP contribution in [0.25, 0.3) is 10.8 Å². The van der Waals surface area contributed by atoms with Crippen LogP contribution < -0.4 is 19.7 Å². The molecule has 0 saturated carbocycles. The minimum absolute atomic E-state index is 0. The molecule has 0 aliphatic carbocycles. The predicted molar refractivity (Wildman–Crippen MR) is 154 cm³/mol. The Kier molecular flexibility index (Phi) is 8.77. The number of anilines is 2. The fourth-order valence-corrected chi connectivity index (χ4v) is 4.94. The Morgan fingerprint density at radius 3 is 2.68 bits per heavy atom. The Bertz CT molecular complexity index is 1400. The lowest BCUT2D eigenvalue weighted by molar-refractivity contribution is -0.139. The number of halogens is 1. The van der Waals surface area contributed by atoms with E-state index in [9.17, 15) is 4.79 Å². The number of nitrogens with zero attached hydrogens (tertiary/aromatic N) is 1. The molecule has 2 atom stereocenters. The number of aliphatic carboxylic acids is 1. The van der Waals surface area contributed by atoms with Gasteiger partial charge in [0.2, 0.25) is 0 Å². The minimum Gasteiger partial charge on any atom is -0.486 e. The number of hydrogen-bond acceptors (Lipinski definition) is 5. The van der Waals surface area contributed by atoms with Crippen LogP contribution in [-0.2, 0) is 4.79 Å². The second-order valence-corrected chi connectivity index (χ2v) is 9.48. The van der Waals surface area contributed by atoms with E-state index in [1.807, 2.05) is 49.4 Å². The summed E-state index contributed by atoms with van der Waals surface area (Å²) in [5, 5.41) is 15.3. The number of para-hydroxylation sites is 2. The van der Waals surface area contributed by atoms with Gasteiger partial charge in [-0.2, -0.15) is 0 Å². The first-order chi connectivity index (χ1) is 18.0. The molecular formula is C31H33ClN2O4. The summed E-state index contributed by atoms with van der Waals surface area (Å²) in [4.78, 5) is 13.2. The summed E-state index contributed by atoms with van der Waals surface area (Å²) in [5.74, 6) is 0.423. The van der Waals surface area contributed by atoms with E-state index in [4.69, 9.17) is 14.6 Å². The van der Waals surface area contributed by atoms with Crippen molar-refractivity contribution >= 4 is 40.5 Å². The monoisotopic (exact) mass is 532 g/mol. The maximum absolute atomic E-state index is 11.0. The minimum atomic E-state index is -0.994. The average Bonchev–Trinajstić information content (AvgIpc) is 2.91. The molecule has 5 rings (SSSR count). The third-order valence-electron chi connectivity index (χ3n) is 6.88. The molecule has 1 aliphatic rings. The number of hydrogen-bond donors (Lipinski definition) is 2. The molecule has 0 radical (unpaired) electrons. The molecule has 0 saturated heterocycles. The first-order valence-electron chi connectivity index (χ1n) is 12.7.